The Hall–Kier alpha value is -3.61. The molecule has 3 aromatic rings. The number of methoxy groups -OCH3 is 1. The quantitative estimate of drug-likeness (QED) is 0.596. The highest BCUT2D eigenvalue weighted by atomic mass is 16.5. The molecule has 0 aliphatic rings. The Balaban J connectivity index is 2.30. The monoisotopic (exact) mass is 366 g/mol. The molecule has 0 fully saturated rings. The molecule has 0 saturated carbocycles. The van der Waals surface area contributed by atoms with E-state index in [0.717, 1.165) is 24.1 Å². The zero-order chi connectivity index (χ0) is 19.6. The van der Waals surface area contributed by atoms with Crippen LogP contribution in [0.15, 0.2) is 53.5 Å². The first kappa shape index (κ1) is 18.2. The third-order valence-electron chi connectivity index (χ3n) is 4.46. The van der Waals surface area contributed by atoms with Gasteiger partial charge >= 0.3 is 5.97 Å². The Kier molecular flexibility index (Phi) is 4.94. The number of carbonyl (C=O) groups is 2. The molecule has 7 nitrogen and oxygen atoms in total. The maximum absolute atomic E-state index is 12.5. The number of rotatable bonds is 5. The summed E-state index contributed by atoms with van der Waals surface area (Å²) in [5.74, 6) is -2.80. The summed E-state index contributed by atoms with van der Waals surface area (Å²) >= 11 is 0. The van der Waals surface area contributed by atoms with Gasteiger partial charge < -0.3 is 20.6 Å². The number of H-pyrrole nitrogens is 1. The lowest BCUT2D eigenvalue weighted by molar-refractivity contribution is -0.118. The number of nitrogens with one attached hydrogen (secondary N) is 1. The maximum Gasteiger partial charge on any atom is 0.343 e. The third-order valence-corrected chi connectivity index (χ3v) is 4.46. The molecule has 27 heavy (non-hydrogen) atoms. The Bertz CT molecular complexity index is 1080. The molecule has 2 aromatic carbocycles. The van der Waals surface area contributed by atoms with E-state index >= 15 is 0 Å². The highest BCUT2D eigenvalue weighted by Crippen LogP contribution is 2.36. The van der Waals surface area contributed by atoms with Crippen molar-refractivity contribution in [1.29, 1.82) is 0 Å². The normalized spacial score (nSPS) is 11.9. The summed E-state index contributed by atoms with van der Waals surface area (Å²) in [6.45, 7) is 0. The number of nitrogens with two attached hydrogens (primary N) is 1. The van der Waals surface area contributed by atoms with Crippen molar-refractivity contribution in [2.24, 2.45) is 5.73 Å². The molecular weight excluding hydrogens is 348 g/mol. The van der Waals surface area contributed by atoms with Crippen LogP contribution in [0.4, 0.5) is 0 Å². The van der Waals surface area contributed by atoms with Gasteiger partial charge in [-0.05, 0) is 16.3 Å². The number of aromatic nitrogens is 1. The Morgan fingerprint density at radius 1 is 1.19 bits per heavy atom. The van der Waals surface area contributed by atoms with Crippen LogP contribution in [-0.4, -0.2) is 29.1 Å². The average Bonchev–Trinajstić information content (AvgIpc) is 2.66. The first-order valence-corrected chi connectivity index (χ1v) is 8.22. The molecule has 3 rings (SSSR count). The number of aromatic hydroxyl groups is 1. The number of aromatic amines is 1. The molecule has 0 aliphatic heterocycles. The van der Waals surface area contributed by atoms with Crippen molar-refractivity contribution in [3.63, 3.8) is 0 Å². The number of hydrogen-bond acceptors (Lipinski definition) is 5. The van der Waals surface area contributed by atoms with E-state index < -0.39 is 29.1 Å². The van der Waals surface area contributed by atoms with Crippen molar-refractivity contribution in [2.45, 2.75) is 12.3 Å². The van der Waals surface area contributed by atoms with Crippen molar-refractivity contribution >= 4 is 22.6 Å². The molecule has 0 radical (unpaired) electrons. The van der Waals surface area contributed by atoms with Gasteiger partial charge in [0.15, 0.2) is 0 Å². The summed E-state index contributed by atoms with van der Waals surface area (Å²) in [5.41, 5.74) is 5.15. The number of primary amides is 1. The summed E-state index contributed by atoms with van der Waals surface area (Å²) in [4.78, 5) is 38.6. The predicted molar refractivity (Wildman–Crippen MR) is 99.7 cm³/mol. The zero-order valence-corrected chi connectivity index (χ0v) is 14.6. The molecule has 0 spiro atoms. The minimum atomic E-state index is -0.832. The van der Waals surface area contributed by atoms with Gasteiger partial charge in [0.25, 0.3) is 5.56 Å². The summed E-state index contributed by atoms with van der Waals surface area (Å²) < 4.78 is 4.64. The SMILES string of the molecule is COC(=O)c1c[nH]c(=O)c(C(CC(N)=O)c2cccc3ccccc23)c1O. The van der Waals surface area contributed by atoms with E-state index in [1.165, 1.54) is 0 Å². The van der Waals surface area contributed by atoms with Gasteiger partial charge in [-0.3, -0.25) is 9.59 Å². The number of amides is 1. The zero-order valence-electron chi connectivity index (χ0n) is 14.6. The second-order valence-electron chi connectivity index (χ2n) is 6.08. The van der Waals surface area contributed by atoms with Crippen LogP contribution >= 0.6 is 0 Å². The van der Waals surface area contributed by atoms with Crippen molar-refractivity contribution < 1.29 is 19.4 Å². The van der Waals surface area contributed by atoms with Crippen LogP contribution in [0.5, 0.6) is 5.75 Å². The van der Waals surface area contributed by atoms with Crippen molar-refractivity contribution in [1.82, 2.24) is 4.98 Å². The van der Waals surface area contributed by atoms with E-state index in [1.807, 2.05) is 30.3 Å². The summed E-state index contributed by atoms with van der Waals surface area (Å²) in [6, 6.07) is 12.9. The van der Waals surface area contributed by atoms with Crippen LogP contribution in [0.3, 0.4) is 0 Å². The molecule has 0 bridgehead atoms. The number of ether oxygens (including phenoxy) is 1. The lowest BCUT2D eigenvalue weighted by atomic mass is 9.85. The van der Waals surface area contributed by atoms with Gasteiger partial charge in [-0.15, -0.1) is 0 Å². The molecule has 1 heterocycles. The second kappa shape index (κ2) is 7.33. The van der Waals surface area contributed by atoms with E-state index in [0.29, 0.717) is 5.56 Å². The number of hydrogen-bond donors (Lipinski definition) is 3. The average molecular weight is 366 g/mol. The highest BCUT2D eigenvalue weighted by Gasteiger charge is 2.28. The molecule has 0 aliphatic carbocycles. The first-order chi connectivity index (χ1) is 12.9. The van der Waals surface area contributed by atoms with Crippen LogP contribution in [0, 0.1) is 0 Å². The van der Waals surface area contributed by atoms with Crippen LogP contribution in [0.25, 0.3) is 10.8 Å². The number of pyridine rings is 1. The van der Waals surface area contributed by atoms with E-state index in [9.17, 15) is 19.5 Å². The lowest BCUT2D eigenvalue weighted by Gasteiger charge is -2.19. The maximum atomic E-state index is 12.5. The second-order valence-corrected chi connectivity index (χ2v) is 6.08. The fourth-order valence-corrected chi connectivity index (χ4v) is 3.25. The van der Waals surface area contributed by atoms with Crippen LogP contribution in [0.1, 0.15) is 33.8 Å². The Labute approximate surface area is 154 Å². The molecule has 138 valence electrons. The van der Waals surface area contributed by atoms with E-state index in [-0.39, 0.29) is 17.5 Å². The van der Waals surface area contributed by atoms with Gasteiger partial charge in [0, 0.05) is 18.5 Å². The molecule has 4 N–H and O–H groups in total. The Morgan fingerprint density at radius 2 is 1.89 bits per heavy atom. The summed E-state index contributed by atoms with van der Waals surface area (Å²) in [7, 11) is 1.16. The molecule has 1 amide bonds. The lowest BCUT2D eigenvalue weighted by Crippen LogP contribution is -2.24. The topological polar surface area (TPSA) is 122 Å². The van der Waals surface area contributed by atoms with Gasteiger partial charge in [-0.2, -0.15) is 0 Å². The van der Waals surface area contributed by atoms with Gasteiger partial charge in [0.2, 0.25) is 5.91 Å². The molecule has 1 atom stereocenters. The van der Waals surface area contributed by atoms with Gasteiger partial charge in [0.05, 0.1) is 12.7 Å². The summed E-state index contributed by atoms with van der Waals surface area (Å²) in [5, 5.41) is 12.3. The van der Waals surface area contributed by atoms with Gasteiger partial charge in [-0.25, -0.2) is 4.79 Å². The minimum absolute atomic E-state index is 0.104. The smallest absolute Gasteiger partial charge is 0.343 e. The molecular formula is C20H18N2O5. The van der Waals surface area contributed by atoms with Crippen molar-refractivity contribution in [3.05, 3.63) is 75.7 Å². The van der Waals surface area contributed by atoms with Crippen LogP contribution < -0.4 is 11.3 Å². The predicted octanol–water partition coefficient (Wildman–Crippen LogP) is 2.03. The first-order valence-electron chi connectivity index (χ1n) is 8.22. The standard InChI is InChI=1S/C20H18N2O5/c1-27-20(26)15-10-22-19(25)17(18(15)24)14(9-16(21)23)13-8-4-6-11-5-2-3-7-12(11)13/h2-8,10,14H,9H2,1H3,(H2,21,23)(H2,22,24,25). The highest BCUT2D eigenvalue weighted by molar-refractivity contribution is 5.93. The van der Waals surface area contributed by atoms with Gasteiger partial charge in [0.1, 0.15) is 11.3 Å². The van der Waals surface area contributed by atoms with Crippen molar-refractivity contribution in [2.75, 3.05) is 7.11 Å². The summed E-state index contributed by atoms with van der Waals surface area (Å²) in [6.07, 6.45) is 0.868. The molecule has 7 heteroatoms. The molecule has 1 unspecified atom stereocenters. The molecule has 0 saturated heterocycles. The number of benzene rings is 2. The van der Waals surface area contributed by atoms with Crippen LogP contribution in [-0.2, 0) is 9.53 Å². The Morgan fingerprint density at radius 3 is 2.59 bits per heavy atom. The largest absolute Gasteiger partial charge is 0.506 e. The third kappa shape index (κ3) is 3.39. The van der Waals surface area contributed by atoms with E-state index in [2.05, 4.69) is 9.72 Å². The minimum Gasteiger partial charge on any atom is -0.506 e. The molecule has 1 aromatic heterocycles. The fraction of sp³-hybridized carbons (Fsp3) is 0.150. The number of esters is 1. The van der Waals surface area contributed by atoms with E-state index in [4.69, 9.17) is 5.73 Å². The number of carbonyl (C=O) groups excluding carboxylic acids is 2. The van der Waals surface area contributed by atoms with E-state index in [1.54, 1.807) is 12.1 Å². The van der Waals surface area contributed by atoms with Crippen molar-refractivity contribution in [3.8, 4) is 5.75 Å². The number of fused-ring (bicyclic) bond motifs is 1. The fourth-order valence-electron chi connectivity index (χ4n) is 3.25. The van der Waals surface area contributed by atoms with Gasteiger partial charge in [-0.1, -0.05) is 42.5 Å². The van der Waals surface area contributed by atoms with Crippen LogP contribution in [0.2, 0.25) is 0 Å².